The Kier molecular flexibility index (Phi) is 3.74. The highest BCUT2D eigenvalue weighted by Gasteiger charge is 2.08. The number of phenols is 1. The van der Waals surface area contributed by atoms with Crippen molar-refractivity contribution in [2.75, 3.05) is 14.2 Å². The summed E-state index contributed by atoms with van der Waals surface area (Å²) in [6.45, 7) is 0.331. The van der Waals surface area contributed by atoms with Crippen molar-refractivity contribution in [3.63, 3.8) is 0 Å². The molecule has 0 saturated heterocycles. The van der Waals surface area contributed by atoms with Gasteiger partial charge in [-0.1, -0.05) is 15.9 Å². The highest BCUT2D eigenvalue weighted by molar-refractivity contribution is 9.10. The number of hydrogen-bond acceptors (Lipinski definition) is 4. The molecule has 1 aromatic rings. The van der Waals surface area contributed by atoms with Gasteiger partial charge in [-0.3, -0.25) is 0 Å². The Morgan fingerprint density at radius 2 is 2.14 bits per heavy atom. The van der Waals surface area contributed by atoms with Crippen LogP contribution >= 0.6 is 15.9 Å². The molecule has 0 saturated carbocycles. The van der Waals surface area contributed by atoms with E-state index in [1.165, 1.54) is 14.2 Å². The molecule has 0 aliphatic heterocycles. The summed E-state index contributed by atoms with van der Waals surface area (Å²) >= 11 is 3.32. The zero-order chi connectivity index (χ0) is 10.7. The van der Waals surface area contributed by atoms with Gasteiger partial charge in [0.05, 0.1) is 7.11 Å². The quantitative estimate of drug-likeness (QED) is 0.818. The van der Waals surface area contributed by atoms with E-state index in [4.69, 9.17) is 9.94 Å². The van der Waals surface area contributed by atoms with Crippen molar-refractivity contribution in [3.8, 4) is 11.5 Å². The van der Waals surface area contributed by atoms with E-state index in [0.29, 0.717) is 12.3 Å². The Hall–Kier alpha value is -0.780. The minimum Gasteiger partial charge on any atom is -0.504 e. The molecule has 14 heavy (non-hydrogen) atoms. The molecule has 1 aromatic carbocycles. The maximum Gasteiger partial charge on any atom is 0.161 e. The minimum atomic E-state index is 0.0625. The van der Waals surface area contributed by atoms with E-state index < -0.39 is 0 Å². The SMILES string of the molecule is COc1cc(Br)c(CN(C)O)cc1O. The largest absolute Gasteiger partial charge is 0.504 e. The monoisotopic (exact) mass is 261 g/mol. The van der Waals surface area contributed by atoms with Crippen LogP contribution in [-0.4, -0.2) is 29.5 Å². The first-order chi connectivity index (χ1) is 6.54. The van der Waals surface area contributed by atoms with Gasteiger partial charge in [-0.25, -0.2) is 0 Å². The van der Waals surface area contributed by atoms with Gasteiger partial charge in [0.25, 0.3) is 0 Å². The minimum absolute atomic E-state index is 0.0625. The average Bonchev–Trinajstić information content (AvgIpc) is 2.10. The van der Waals surface area contributed by atoms with Gasteiger partial charge in [0.15, 0.2) is 11.5 Å². The molecule has 0 aliphatic carbocycles. The topological polar surface area (TPSA) is 52.9 Å². The zero-order valence-electron chi connectivity index (χ0n) is 7.99. The van der Waals surface area contributed by atoms with Gasteiger partial charge in [-0.05, 0) is 17.7 Å². The van der Waals surface area contributed by atoms with Crippen LogP contribution in [0, 0.1) is 0 Å². The van der Waals surface area contributed by atoms with Crippen molar-refractivity contribution in [2.45, 2.75) is 6.54 Å². The van der Waals surface area contributed by atoms with Crippen molar-refractivity contribution >= 4 is 15.9 Å². The third-order valence-electron chi connectivity index (χ3n) is 1.75. The smallest absolute Gasteiger partial charge is 0.161 e. The summed E-state index contributed by atoms with van der Waals surface area (Å²) in [5, 5.41) is 19.6. The van der Waals surface area contributed by atoms with Crippen LogP contribution in [0.15, 0.2) is 16.6 Å². The fourth-order valence-corrected chi connectivity index (χ4v) is 1.57. The Morgan fingerprint density at radius 1 is 1.50 bits per heavy atom. The van der Waals surface area contributed by atoms with Crippen molar-refractivity contribution in [3.05, 3.63) is 22.2 Å². The van der Waals surface area contributed by atoms with E-state index >= 15 is 0 Å². The number of rotatable bonds is 3. The van der Waals surface area contributed by atoms with E-state index in [0.717, 1.165) is 15.1 Å². The van der Waals surface area contributed by atoms with Gasteiger partial charge in [0, 0.05) is 18.1 Å². The van der Waals surface area contributed by atoms with E-state index in [1.807, 2.05) is 0 Å². The number of nitrogens with zero attached hydrogens (tertiary/aromatic N) is 1. The Balaban J connectivity index is 3.02. The highest BCUT2D eigenvalue weighted by Crippen LogP contribution is 2.32. The molecular weight excluding hydrogens is 250 g/mol. The number of phenolic OH excluding ortho intramolecular Hbond substituents is 1. The van der Waals surface area contributed by atoms with Crippen LogP contribution in [0.1, 0.15) is 5.56 Å². The summed E-state index contributed by atoms with van der Waals surface area (Å²) < 4.78 is 5.71. The maximum absolute atomic E-state index is 9.48. The first-order valence-electron chi connectivity index (χ1n) is 4.00. The van der Waals surface area contributed by atoms with Crippen LogP contribution < -0.4 is 4.74 Å². The van der Waals surface area contributed by atoms with Crippen molar-refractivity contribution in [1.29, 1.82) is 0 Å². The van der Waals surface area contributed by atoms with Crippen molar-refractivity contribution < 1.29 is 15.1 Å². The number of ether oxygens (including phenoxy) is 1. The molecular formula is C9H12BrNO3. The van der Waals surface area contributed by atoms with Crippen LogP contribution in [0.25, 0.3) is 0 Å². The third-order valence-corrected chi connectivity index (χ3v) is 2.49. The molecule has 0 unspecified atom stereocenters. The summed E-state index contributed by atoms with van der Waals surface area (Å²) in [5.41, 5.74) is 0.785. The molecule has 5 heteroatoms. The number of hydroxylamine groups is 2. The van der Waals surface area contributed by atoms with E-state index in [1.54, 1.807) is 12.1 Å². The summed E-state index contributed by atoms with van der Waals surface area (Å²) in [4.78, 5) is 0. The normalized spacial score (nSPS) is 10.6. The highest BCUT2D eigenvalue weighted by atomic mass is 79.9. The molecule has 4 nitrogen and oxygen atoms in total. The molecule has 0 aromatic heterocycles. The summed E-state index contributed by atoms with van der Waals surface area (Å²) in [7, 11) is 3.02. The molecule has 0 radical (unpaired) electrons. The fourth-order valence-electron chi connectivity index (χ4n) is 1.12. The summed E-state index contributed by atoms with van der Waals surface area (Å²) in [6, 6.07) is 3.21. The molecule has 1 rings (SSSR count). The standard InChI is InChI=1S/C9H12BrNO3/c1-11(13)5-6-3-8(12)9(14-2)4-7(6)10/h3-4,12-13H,5H2,1-2H3. The molecule has 0 fully saturated rings. The van der Waals surface area contributed by atoms with Crippen LogP contribution in [0.2, 0.25) is 0 Å². The molecule has 78 valence electrons. The van der Waals surface area contributed by atoms with Crippen molar-refractivity contribution in [1.82, 2.24) is 5.06 Å². The van der Waals surface area contributed by atoms with E-state index in [2.05, 4.69) is 15.9 Å². The van der Waals surface area contributed by atoms with E-state index in [-0.39, 0.29) is 5.75 Å². The predicted octanol–water partition coefficient (Wildman–Crippen LogP) is 1.98. The lowest BCUT2D eigenvalue weighted by molar-refractivity contribution is -0.0733. The lowest BCUT2D eigenvalue weighted by atomic mass is 10.2. The number of methoxy groups -OCH3 is 1. The summed E-state index contributed by atoms with van der Waals surface area (Å²) in [6.07, 6.45) is 0. The second kappa shape index (κ2) is 4.63. The first kappa shape index (κ1) is 11.3. The Labute approximate surface area is 90.8 Å². The molecule has 0 aliphatic rings. The third kappa shape index (κ3) is 2.60. The van der Waals surface area contributed by atoms with Gasteiger partial charge in [0.2, 0.25) is 0 Å². The van der Waals surface area contributed by atoms with Crippen LogP contribution in [-0.2, 0) is 6.54 Å². The van der Waals surface area contributed by atoms with E-state index in [9.17, 15) is 5.11 Å². The Morgan fingerprint density at radius 3 is 2.64 bits per heavy atom. The first-order valence-corrected chi connectivity index (χ1v) is 4.79. The maximum atomic E-state index is 9.48. The predicted molar refractivity (Wildman–Crippen MR) is 55.6 cm³/mol. The average molecular weight is 262 g/mol. The number of benzene rings is 1. The Bertz CT molecular complexity index is 328. The van der Waals surface area contributed by atoms with Gasteiger partial charge >= 0.3 is 0 Å². The zero-order valence-corrected chi connectivity index (χ0v) is 9.58. The molecule has 2 N–H and O–H groups in total. The molecule has 0 heterocycles. The number of halogens is 1. The van der Waals surface area contributed by atoms with Crippen LogP contribution in [0.5, 0.6) is 11.5 Å². The lowest BCUT2D eigenvalue weighted by Crippen LogP contribution is -2.12. The molecule has 0 amide bonds. The van der Waals surface area contributed by atoms with Gasteiger partial charge < -0.3 is 15.1 Å². The second-order valence-corrected chi connectivity index (χ2v) is 3.79. The van der Waals surface area contributed by atoms with Crippen LogP contribution in [0.4, 0.5) is 0 Å². The number of hydrogen-bond donors (Lipinski definition) is 2. The lowest BCUT2D eigenvalue weighted by Gasteiger charge is -2.12. The van der Waals surface area contributed by atoms with Crippen molar-refractivity contribution in [2.24, 2.45) is 0 Å². The second-order valence-electron chi connectivity index (χ2n) is 2.93. The molecule has 0 bridgehead atoms. The van der Waals surface area contributed by atoms with Gasteiger partial charge in [-0.2, -0.15) is 5.06 Å². The number of aromatic hydroxyl groups is 1. The molecule has 0 spiro atoms. The van der Waals surface area contributed by atoms with Gasteiger partial charge in [-0.15, -0.1) is 0 Å². The molecule has 0 atom stereocenters. The van der Waals surface area contributed by atoms with Gasteiger partial charge in [0.1, 0.15) is 0 Å². The fraction of sp³-hybridized carbons (Fsp3) is 0.333. The summed E-state index contributed by atoms with van der Waals surface area (Å²) in [5.74, 6) is 0.466. The van der Waals surface area contributed by atoms with Crippen LogP contribution in [0.3, 0.4) is 0 Å².